The molecule has 0 bridgehead atoms. The first-order valence-corrected chi connectivity index (χ1v) is 12.5. The van der Waals surface area contributed by atoms with E-state index in [1.54, 1.807) is 11.9 Å². The highest BCUT2D eigenvalue weighted by atomic mass is 16.5. The van der Waals surface area contributed by atoms with Crippen molar-refractivity contribution in [1.29, 1.82) is 0 Å². The van der Waals surface area contributed by atoms with E-state index in [1.807, 2.05) is 24.3 Å². The van der Waals surface area contributed by atoms with Crippen LogP contribution in [-0.4, -0.2) is 54.2 Å². The Balaban J connectivity index is 1.08. The van der Waals surface area contributed by atoms with Gasteiger partial charge >= 0.3 is 12.1 Å². The lowest BCUT2D eigenvalue weighted by Crippen LogP contribution is -2.47. The zero-order valence-corrected chi connectivity index (χ0v) is 20.2. The van der Waals surface area contributed by atoms with Gasteiger partial charge in [0.1, 0.15) is 6.61 Å². The Labute approximate surface area is 206 Å². The number of carbonyl (C=O) groups is 3. The molecule has 7 heteroatoms. The minimum absolute atomic E-state index is 0.0544. The summed E-state index contributed by atoms with van der Waals surface area (Å²) in [4.78, 5) is 37.1. The van der Waals surface area contributed by atoms with Gasteiger partial charge in [-0.05, 0) is 47.9 Å². The van der Waals surface area contributed by atoms with E-state index in [4.69, 9.17) is 9.84 Å². The predicted octanol–water partition coefficient (Wildman–Crippen LogP) is 4.80. The molecule has 0 aliphatic heterocycles. The molecule has 0 spiro atoms. The summed E-state index contributed by atoms with van der Waals surface area (Å²) in [5.74, 6) is -0.942. The molecule has 0 heterocycles. The molecule has 2 aliphatic carbocycles. The summed E-state index contributed by atoms with van der Waals surface area (Å²) in [5.41, 5.74) is 4.80. The van der Waals surface area contributed by atoms with E-state index < -0.39 is 12.1 Å². The summed E-state index contributed by atoms with van der Waals surface area (Å²) in [6.07, 6.45) is 4.65. The van der Waals surface area contributed by atoms with Crippen LogP contribution in [0.15, 0.2) is 48.5 Å². The highest BCUT2D eigenvalue weighted by Crippen LogP contribution is 2.44. The molecule has 0 atom stereocenters. The maximum absolute atomic E-state index is 12.3. The number of carboxylic acids is 1. The lowest BCUT2D eigenvalue weighted by molar-refractivity contribution is -0.150. The SMILES string of the molecule is CN(C(=O)CCCCCCNC(=O)OCC1c2ccccc2-c2ccccc21)C1CC(C(=O)O)C1. The number of benzene rings is 2. The molecule has 0 unspecified atom stereocenters. The third-order valence-corrected chi connectivity index (χ3v) is 7.33. The lowest BCUT2D eigenvalue weighted by atomic mass is 9.79. The fraction of sp³-hybridized carbons (Fsp3) is 0.464. The van der Waals surface area contributed by atoms with Crippen LogP contribution in [-0.2, 0) is 14.3 Å². The second-order valence-corrected chi connectivity index (χ2v) is 9.58. The summed E-state index contributed by atoms with van der Waals surface area (Å²) in [6, 6.07) is 16.6. The molecule has 0 aromatic heterocycles. The topological polar surface area (TPSA) is 95.9 Å². The van der Waals surface area contributed by atoms with Crippen molar-refractivity contribution in [3.63, 3.8) is 0 Å². The quantitative estimate of drug-likeness (QED) is 0.453. The molecule has 4 rings (SSSR count). The van der Waals surface area contributed by atoms with E-state index in [0.29, 0.717) is 32.4 Å². The highest BCUT2D eigenvalue weighted by molar-refractivity contribution is 5.79. The number of nitrogens with one attached hydrogen (secondary N) is 1. The van der Waals surface area contributed by atoms with Crippen LogP contribution in [0.1, 0.15) is 62.0 Å². The van der Waals surface area contributed by atoms with Crippen molar-refractivity contribution in [3.05, 3.63) is 59.7 Å². The van der Waals surface area contributed by atoms with E-state index in [-0.39, 0.29) is 23.8 Å². The molecule has 2 amide bonds. The van der Waals surface area contributed by atoms with Gasteiger partial charge in [0.25, 0.3) is 0 Å². The summed E-state index contributed by atoms with van der Waals surface area (Å²) in [7, 11) is 1.77. The summed E-state index contributed by atoms with van der Waals surface area (Å²) in [6.45, 7) is 0.854. The third-order valence-electron chi connectivity index (χ3n) is 7.33. The fourth-order valence-electron chi connectivity index (χ4n) is 5.08. The van der Waals surface area contributed by atoms with Crippen LogP contribution in [0.5, 0.6) is 0 Å². The van der Waals surface area contributed by atoms with Gasteiger partial charge in [0.2, 0.25) is 5.91 Å². The molecule has 0 radical (unpaired) electrons. The number of hydrogen-bond donors (Lipinski definition) is 2. The van der Waals surface area contributed by atoms with Crippen LogP contribution in [0.2, 0.25) is 0 Å². The average molecular weight is 479 g/mol. The van der Waals surface area contributed by atoms with Gasteiger partial charge in [-0.2, -0.15) is 0 Å². The molecule has 2 N–H and O–H groups in total. The first-order valence-electron chi connectivity index (χ1n) is 12.5. The van der Waals surface area contributed by atoms with Crippen molar-refractivity contribution in [2.75, 3.05) is 20.2 Å². The Kier molecular flexibility index (Phi) is 8.06. The molecule has 2 aromatic carbocycles. The van der Waals surface area contributed by atoms with Gasteiger partial charge in [0.15, 0.2) is 0 Å². The van der Waals surface area contributed by atoms with Crippen molar-refractivity contribution < 1.29 is 24.2 Å². The summed E-state index contributed by atoms with van der Waals surface area (Å²) >= 11 is 0. The van der Waals surface area contributed by atoms with Crippen LogP contribution in [0, 0.1) is 5.92 Å². The largest absolute Gasteiger partial charge is 0.481 e. The first kappa shape index (κ1) is 24.8. The monoisotopic (exact) mass is 478 g/mol. The highest BCUT2D eigenvalue weighted by Gasteiger charge is 2.38. The number of fused-ring (bicyclic) bond motifs is 3. The Bertz CT molecular complexity index is 1020. The third kappa shape index (κ3) is 5.84. The van der Waals surface area contributed by atoms with Crippen molar-refractivity contribution in [2.45, 2.75) is 56.9 Å². The molecule has 1 saturated carbocycles. The number of carboxylic acid groups (broad SMARTS) is 1. The number of nitrogens with zero attached hydrogens (tertiary/aromatic N) is 1. The van der Waals surface area contributed by atoms with E-state index in [9.17, 15) is 14.4 Å². The van der Waals surface area contributed by atoms with Gasteiger partial charge in [0.05, 0.1) is 5.92 Å². The standard InChI is InChI=1S/C28H34N2O5/c1-30(20-16-19(17-20)27(32)33)26(31)14-4-2-3-9-15-29-28(34)35-18-25-23-12-7-5-10-21(23)22-11-6-8-13-24(22)25/h5-8,10-13,19-20,25H,2-4,9,14-18H2,1H3,(H,29,34)(H,32,33). The molecular weight excluding hydrogens is 444 g/mol. The summed E-state index contributed by atoms with van der Waals surface area (Å²) < 4.78 is 5.55. The minimum atomic E-state index is -0.770. The number of hydrogen-bond acceptors (Lipinski definition) is 4. The lowest BCUT2D eigenvalue weighted by Gasteiger charge is -2.39. The number of alkyl carbamates (subject to hydrolysis) is 1. The van der Waals surface area contributed by atoms with E-state index in [1.165, 1.54) is 22.3 Å². The van der Waals surface area contributed by atoms with Gasteiger partial charge in [-0.25, -0.2) is 4.79 Å². The minimum Gasteiger partial charge on any atom is -0.481 e. The van der Waals surface area contributed by atoms with Gasteiger partial charge < -0.3 is 20.1 Å². The maximum atomic E-state index is 12.3. The zero-order valence-electron chi connectivity index (χ0n) is 20.2. The second kappa shape index (κ2) is 11.4. The van der Waals surface area contributed by atoms with Crippen LogP contribution in [0.25, 0.3) is 11.1 Å². The number of aliphatic carboxylic acids is 1. The second-order valence-electron chi connectivity index (χ2n) is 9.58. The van der Waals surface area contributed by atoms with E-state index in [2.05, 4.69) is 29.6 Å². The molecule has 7 nitrogen and oxygen atoms in total. The van der Waals surface area contributed by atoms with Crippen molar-refractivity contribution in [2.24, 2.45) is 5.92 Å². The molecule has 2 aliphatic rings. The van der Waals surface area contributed by atoms with Gasteiger partial charge in [-0.3, -0.25) is 9.59 Å². The van der Waals surface area contributed by atoms with Crippen LogP contribution < -0.4 is 5.32 Å². The molecule has 186 valence electrons. The first-order chi connectivity index (χ1) is 17.0. The van der Waals surface area contributed by atoms with Crippen LogP contribution >= 0.6 is 0 Å². The number of ether oxygens (including phenoxy) is 1. The average Bonchev–Trinajstić information content (AvgIpc) is 3.14. The smallest absolute Gasteiger partial charge is 0.407 e. The van der Waals surface area contributed by atoms with Gasteiger partial charge in [-0.15, -0.1) is 0 Å². The molecular formula is C28H34N2O5. The molecule has 2 aromatic rings. The Hall–Kier alpha value is -3.35. The van der Waals surface area contributed by atoms with E-state index in [0.717, 1.165) is 25.7 Å². The van der Waals surface area contributed by atoms with Crippen molar-refractivity contribution >= 4 is 18.0 Å². The molecule has 1 fully saturated rings. The van der Waals surface area contributed by atoms with Gasteiger partial charge in [0, 0.05) is 32.0 Å². The fourth-order valence-corrected chi connectivity index (χ4v) is 5.08. The van der Waals surface area contributed by atoms with Crippen LogP contribution in [0.4, 0.5) is 4.79 Å². The normalized spacial score (nSPS) is 18.2. The number of unbranched alkanes of at least 4 members (excludes halogenated alkanes) is 3. The van der Waals surface area contributed by atoms with Crippen molar-refractivity contribution in [1.82, 2.24) is 10.2 Å². The maximum Gasteiger partial charge on any atom is 0.407 e. The Morgan fingerprint density at radius 1 is 0.943 bits per heavy atom. The summed E-state index contributed by atoms with van der Waals surface area (Å²) in [5, 5.41) is 11.8. The Morgan fingerprint density at radius 2 is 1.54 bits per heavy atom. The molecule has 35 heavy (non-hydrogen) atoms. The molecule has 0 saturated heterocycles. The zero-order chi connectivity index (χ0) is 24.8. The number of carbonyl (C=O) groups excluding carboxylic acids is 2. The van der Waals surface area contributed by atoms with Crippen LogP contribution in [0.3, 0.4) is 0 Å². The number of rotatable bonds is 11. The predicted molar refractivity (Wildman–Crippen MR) is 133 cm³/mol. The number of amides is 2. The van der Waals surface area contributed by atoms with Crippen molar-refractivity contribution in [3.8, 4) is 11.1 Å². The van der Waals surface area contributed by atoms with Gasteiger partial charge in [-0.1, -0.05) is 61.4 Å². The van der Waals surface area contributed by atoms with E-state index >= 15 is 0 Å². The Morgan fingerprint density at radius 3 is 2.17 bits per heavy atom.